The van der Waals surface area contributed by atoms with Gasteiger partial charge < -0.3 is 10.5 Å². The summed E-state index contributed by atoms with van der Waals surface area (Å²) in [6, 6.07) is 14.0. The van der Waals surface area contributed by atoms with Gasteiger partial charge in [-0.05, 0) is 47.7 Å². The SMILES string of the molecule is Cc1cc(N)cc(Oc2cccc(C(C)(C)C)c2)c1. The van der Waals surface area contributed by atoms with Gasteiger partial charge in [0.1, 0.15) is 11.5 Å². The Bertz CT molecular complexity index is 562. The maximum Gasteiger partial charge on any atom is 0.129 e. The van der Waals surface area contributed by atoms with E-state index in [1.807, 2.05) is 37.3 Å². The smallest absolute Gasteiger partial charge is 0.129 e. The molecule has 0 heterocycles. The minimum Gasteiger partial charge on any atom is -0.457 e. The van der Waals surface area contributed by atoms with Crippen molar-refractivity contribution in [1.29, 1.82) is 0 Å². The third-order valence-corrected chi connectivity index (χ3v) is 3.01. The van der Waals surface area contributed by atoms with Gasteiger partial charge in [-0.2, -0.15) is 0 Å². The van der Waals surface area contributed by atoms with Crippen LogP contribution in [0, 0.1) is 6.92 Å². The number of rotatable bonds is 2. The maximum atomic E-state index is 5.90. The van der Waals surface area contributed by atoms with Gasteiger partial charge >= 0.3 is 0 Å². The number of hydrogen-bond acceptors (Lipinski definition) is 2. The maximum absolute atomic E-state index is 5.90. The van der Waals surface area contributed by atoms with E-state index >= 15 is 0 Å². The fraction of sp³-hybridized carbons (Fsp3) is 0.294. The molecule has 0 amide bonds. The highest BCUT2D eigenvalue weighted by Gasteiger charge is 2.14. The van der Waals surface area contributed by atoms with E-state index in [0.717, 1.165) is 22.7 Å². The lowest BCUT2D eigenvalue weighted by Gasteiger charge is -2.19. The summed E-state index contributed by atoms with van der Waals surface area (Å²) in [5.41, 5.74) is 9.03. The predicted octanol–water partition coefficient (Wildman–Crippen LogP) is 4.67. The first-order valence-corrected chi connectivity index (χ1v) is 6.50. The van der Waals surface area contributed by atoms with Crippen molar-refractivity contribution >= 4 is 5.69 Å². The van der Waals surface area contributed by atoms with Gasteiger partial charge in [-0.3, -0.25) is 0 Å². The van der Waals surface area contributed by atoms with Crippen LogP contribution in [0.25, 0.3) is 0 Å². The van der Waals surface area contributed by atoms with Crippen molar-refractivity contribution in [3.05, 3.63) is 53.6 Å². The van der Waals surface area contributed by atoms with Gasteiger partial charge in [-0.15, -0.1) is 0 Å². The molecule has 0 saturated heterocycles. The monoisotopic (exact) mass is 255 g/mol. The number of hydrogen-bond donors (Lipinski definition) is 1. The first kappa shape index (κ1) is 13.5. The van der Waals surface area contributed by atoms with Crippen LogP contribution in [0.15, 0.2) is 42.5 Å². The Hall–Kier alpha value is -1.96. The Morgan fingerprint density at radius 1 is 0.947 bits per heavy atom. The molecule has 2 rings (SSSR count). The van der Waals surface area contributed by atoms with Crippen LogP contribution in [-0.4, -0.2) is 0 Å². The molecular formula is C17H21NO. The molecule has 0 unspecified atom stereocenters. The largest absolute Gasteiger partial charge is 0.457 e. The second-order valence-corrected chi connectivity index (χ2v) is 5.96. The number of anilines is 1. The van der Waals surface area contributed by atoms with Crippen LogP contribution in [0.3, 0.4) is 0 Å². The summed E-state index contributed by atoms with van der Waals surface area (Å²) < 4.78 is 5.90. The summed E-state index contributed by atoms with van der Waals surface area (Å²) in [5.74, 6) is 1.63. The second kappa shape index (κ2) is 4.96. The summed E-state index contributed by atoms with van der Waals surface area (Å²) >= 11 is 0. The Kier molecular flexibility index (Phi) is 3.52. The zero-order valence-corrected chi connectivity index (χ0v) is 12.0. The van der Waals surface area contributed by atoms with Crippen LogP contribution in [0.1, 0.15) is 31.9 Å². The molecule has 0 aromatic heterocycles. The molecule has 0 aliphatic heterocycles. The zero-order chi connectivity index (χ0) is 14.0. The second-order valence-electron chi connectivity index (χ2n) is 5.96. The Labute approximate surface area is 115 Å². The van der Waals surface area contributed by atoms with Gasteiger partial charge in [0, 0.05) is 11.8 Å². The van der Waals surface area contributed by atoms with E-state index in [4.69, 9.17) is 10.5 Å². The Morgan fingerprint density at radius 2 is 1.68 bits per heavy atom. The molecule has 0 saturated carbocycles. The molecule has 19 heavy (non-hydrogen) atoms. The van der Waals surface area contributed by atoms with Gasteiger partial charge in [0.25, 0.3) is 0 Å². The van der Waals surface area contributed by atoms with Crippen LogP contribution in [-0.2, 0) is 5.41 Å². The standard InChI is InChI=1S/C17H21NO/c1-12-8-14(18)11-16(9-12)19-15-7-5-6-13(10-15)17(2,3)4/h5-11H,18H2,1-4H3. The van der Waals surface area contributed by atoms with Gasteiger partial charge in [0.15, 0.2) is 0 Å². The number of benzene rings is 2. The molecule has 0 fully saturated rings. The van der Waals surface area contributed by atoms with Crippen molar-refractivity contribution in [3.8, 4) is 11.5 Å². The average Bonchev–Trinajstić information content (AvgIpc) is 2.26. The number of nitrogen functional groups attached to an aromatic ring is 1. The summed E-state index contributed by atoms with van der Waals surface area (Å²) in [6.45, 7) is 8.58. The van der Waals surface area contributed by atoms with Crippen LogP contribution in [0.2, 0.25) is 0 Å². The minimum absolute atomic E-state index is 0.116. The number of aryl methyl sites for hydroxylation is 1. The van der Waals surface area contributed by atoms with E-state index in [9.17, 15) is 0 Å². The predicted molar refractivity (Wildman–Crippen MR) is 80.8 cm³/mol. The molecule has 0 spiro atoms. The van der Waals surface area contributed by atoms with Crippen molar-refractivity contribution in [1.82, 2.24) is 0 Å². The summed E-state index contributed by atoms with van der Waals surface area (Å²) in [4.78, 5) is 0. The van der Waals surface area contributed by atoms with Crippen LogP contribution >= 0.6 is 0 Å². The highest BCUT2D eigenvalue weighted by Crippen LogP contribution is 2.29. The molecule has 2 aromatic carbocycles. The van der Waals surface area contributed by atoms with Crippen molar-refractivity contribution in [2.24, 2.45) is 0 Å². The molecule has 100 valence electrons. The topological polar surface area (TPSA) is 35.2 Å². The van der Waals surface area contributed by atoms with E-state index in [1.54, 1.807) is 0 Å². The third-order valence-electron chi connectivity index (χ3n) is 3.01. The van der Waals surface area contributed by atoms with E-state index in [2.05, 4.69) is 32.9 Å². The quantitative estimate of drug-likeness (QED) is 0.792. The molecular weight excluding hydrogens is 234 g/mol. The lowest BCUT2D eigenvalue weighted by molar-refractivity contribution is 0.478. The molecule has 2 aromatic rings. The van der Waals surface area contributed by atoms with E-state index < -0.39 is 0 Å². The summed E-state index contributed by atoms with van der Waals surface area (Å²) in [6.07, 6.45) is 0. The molecule has 0 atom stereocenters. The lowest BCUT2D eigenvalue weighted by atomic mass is 9.87. The van der Waals surface area contributed by atoms with E-state index in [-0.39, 0.29) is 5.41 Å². The van der Waals surface area contributed by atoms with Crippen molar-refractivity contribution in [2.75, 3.05) is 5.73 Å². The Morgan fingerprint density at radius 3 is 2.32 bits per heavy atom. The third kappa shape index (κ3) is 3.50. The molecule has 0 radical (unpaired) electrons. The van der Waals surface area contributed by atoms with Crippen LogP contribution in [0.5, 0.6) is 11.5 Å². The fourth-order valence-electron chi connectivity index (χ4n) is 2.00. The molecule has 2 heteroatoms. The first-order valence-electron chi connectivity index (χ1n) is 6.50. The van der Waals surface area contributed by atoms with Crippen LogP contribution < -0.4 is 10.5 Å². The normalized spacial score (nSPS) is 11.4. The van der Waals surface area contributed by atoms with E-state index in [1.165, 1.54) is 5.56 Å². The van der Waals surface area contributed by atoms with E-state index in [0.29, 0.717) is 0 Å². The van der Waals surface area contributed by atoms with Gasteiger partial charge in [0.05, 0.1) is 0 Å². The number of ether oxygens (including phenoxy) is 1. The highest BCUT2D eigenvalue weighted by atomic mass is 16.5. The van der Waals surface area contributed by atoms with Crippen molar-refractivity contribution < 1.29 is 4.74 Å². The number of nitrogens with two attached hydrogens (primary N) is 1. The minimum atomic E-state index is 0.116. The van der Waals surface area contributed by atoms with Gasteiger partial charge in [-0.25, -0.2) is 0 Å². The molecule has 2 nitrogen and oxygen atoms in total. The molecule has 0 aliphatic rings. The average molecular weight is 255 g/mol. The Balaban J connectivity index is 2.28. The summed E-state index contributed by atoms with van der Waals surface area (Å²) in [5, 5.41) is 0. The van der Waals surface area contributed by atoms with Crippen molar-refractivity contribution in [3.63, 3.8) is 0 Å². The first-order chi connectivity index (χ1) is 8.84. The lowest BCUT2D eigenvalue weighted by Crippen LogP contribution is -2.10. The molecule has 0 aliphatic carbocycles. The zero-order valence-electron chi connectivity index (χ0n) is 12.0. The van der Waals surface area contributed by atoms with Gasteiger partial charge in [0.2, 0.25) is 0 Å². The van der Waals surface area contributed by atoms with Gasteiger partial charge in [-0.1, -0.05) is 32.9 Å². The van der Waals surface area contributed by atoms with Crippen molar-refractivity contribution in [2.45, 2.75) is 33.1 Å². The summed E-state index contributed by atoms with van der Waals surface area (Å²) in [7, 11) is 0. The fourth-order valence-corrected chi connectivity index (χ4v) is 2.00. The highest BCUT2D eigenvalue weighted by molar-refractivity contribution is 5.48. The van der Waals surface area contributed by atoms with Crippen LogP contribution in [0.4, 0.5) is 5.69 Å². The molecule has 0 bridgehead atoms. The molecule has 2 N–H and O–H groups in total.